The molecular weight excluding hydrogens is 230 g/mol. The average Bonchev–Trinajstić information content (AvgIpc) is 2.34. The Morgan fingerprint density at radius 3 is 2.41 bits per heavy atom. The second-order valence-electron chi connectivity index (χ2n) is 3.71. The highest BCUT2D eigenvalue weighted by Gasteiger charge is 2.09. The van der Waals surface area contributed by atoms with Crippen molar-refractivity contribution in [2.24, 2.45) is 0 Å². The average molecular weight is 245 g/mol. The SMILES string of the molecule is CNc1nc(C)nc(Sc2ccccc2)c1C. The zero-order valence-electron chi connectivity index (χ0n) is 10.2. The molecule has 1 heterocycles. The summed E-state index contributed by atoms with van der Waals surface area (Å²) in [6, 6.07) is 10.2. The first-order valence-corrected chi connectivity index (χ1v) is 6.28. The first-order chi connectivity index (χ1) is 8.20. The number of anilines is 1. The van der Waals surface area contributed by atoms with E-state index in [1.165, 1.54) is 4.90 Å². The van der Waals surface area contributed by atoms with E-state index in [4.69, 9.17) is 0 Å². The summed E-state index contributed by atoms with van der Waals surface area (Å²) in [5.41, 5.74) is 1.09. The van der Waals surface area contributed by atoms with Crippen molar-refractivity contribution in [1.82, 2.24) is 9.97 Å². The van der Waals surface area contributed by atoms with Crippen molar-refractivity contribution in [3.8, 4) is 0 Å². The van der Waals surface area contributed by atoms with Gasteiger partial charge in [-0.25, -0.2) is 9.97 Å². The van der Waals surface area contributed by atoms with Crippen molar-refractivity contribution < 1.29 is 0 Å². The molecule has 0 saturated carbocycles. The molecule has 0 atom stereocenters. The first-order valence-electron chi connectivity index (χ1n) is 5.46. The van der Waals surface area contributed by atoms with Crippen molar-refractivity contribution in [3.63, 3.8) is 0 Å². The minimum Gasteiger partial charge on any atom is -0.373 e. The monoisotopic (exact) mass is 245 g/mol. The molecule has 0 spiro atoms. The number of aryl methyl sites for hydroxylation is 1. The summed E-state index contributed by atoms with van der Waals surface area (Å²) in [6.07, 6.45) is 0. The van der Waals surface area contributed by atoms with E-state index in [1.54, 1.807) is 11.8 Å². The van der Waals surface area contributed by atoms with Gasteiger partial charge in [0.25, 0.3) is 0 Å². The summed E-state index contributed by atoms with van der Waals surface area (Å²) in [6.45, 7) is 3.95. The predicted octanol–water partition coefficient (Wildman–Crippen LogP) is 3.29. The fourth-order valence-corrected chi connectivity index (χ4v) is 2.49. The Labute approximate surface area is 106 Å². The molecule has 17 heavy (non-hydrogen) atoms. The molecule has 0 saturated heterocycles. The highest BCUT2D eigenvalue weighted by molar-refractivity contribution is 7.99. The van der Waals surface area contributed by atoms with Crippen LogP contribution in [0.1, 0.15) is 11.4 Å². The number of hydrogen-bond acceptors (Lipinski definition) is 4. The summed E-state index contributed by atoms with van der Waals surface area (Å²) in [7, 11) is 1.88. The molecule has 1 aromatic heterocycles. The third kappa shape index (κ3) is 2.77. The van der Waals surface area contributed by atoms with Crippen LogP contribution in [0.25, 0.3) is 0 Å². The van der Waals surface area contributed by atoms with E-state index in [-0.39, 0.29) is 0 Å². The second-order valence-corrected chi connectivity index (χ2v) is 4.78. The van der Waals surface area contributed by atoms with Crippen molar-refractivity contribution in [3.05, 3.63) is 41.7 Å². The maximum Gasteiger partial charge on any atom is 0.133 e. The Morgan fingerprint density at radius 2 is 1.76 bits per heavy atom. The van der Waals surface area contributed by atoms with Crippen LogP contribution in [0.15, 0.2) is 40.3 Å². The van der Waals surface area contributed by atoms with E-state index >= 15 is 0 Å². The Balaban J connectivity index is 2.36. The van der Waals surface area contributed by atoms with Crippen molar-refractivity contribution in [2.75, 3.05) is 12.4 Å². The van der Waals surface area contributed by atoms with E-state index in [9.17, 15) is 0 Å². The van der Waals surface area contributed by atoms with Crippen LogP contribution in [0, 0.1) is 13.8 Å². The maximum absolute atomic E-state index is 4.49. The van der Waals surface area contributed by atoms with Crippen LogP contribution in [-0.2, 0) is 0 Å². The van der Waals surface area contributed by atoms with Gasteiger partial charge in [0.05, 0.1) is 0 Å². The lowest BCUT2D eigenvalue weighted by atomic mass is 10.3. The summed E-state index contributed by atoms with van der Waals surface area (Å²) in [5.74, 6) is 1.69. The van der Waals surface area contributed by atoms with Gasteiger partial charge in [0, 0.05) is 17.5 Å². The molecule has 1 N–H and O–H groups in total. The van der Waals surface area contributed by atoms with Gasteiger partial charge in [-0.05, 0) is 26.0 Å². The Bertz CT molecular complexity index is 512. The molecule has 0 fully saturated rings. The summed E-state index contributed by atoms with van der Waals surface area (Å²) >= 11 is 1.67. The normalized spacial score (nSPS) is 10.3. The number of nitrogens with zero attached hydrogens (tertiary/aromatic N) is 2. The molecule has 0 radical (unpaired) electrons. The number of benzene rings is 1. The van der Waals surface area contributed by atoms with Crippen LogP contribution in [0.4, 0.5) is 5.82 Å². The Kier molecular flexibility index (Phi) is 3.64. The summed E-state index contributed by atoms with van der Waals surface area (Å²) in [4.78, 5) is 10.0. The van der Waals surface area contributed by atoms with Gasteiger partial charge in [-0.3, -0.25) is 0 Å². The van der Waals surface area contributed by atoms with Gasteiger partial charge in [-0.1, -0.05) is 30.0 Å². The summed E-state index contributed by atoms with van der Waals surface area (Å²) < 4.78 is 0. The molecule has 0 aliphatic heterocycles. The van der Waals surface area contributed by atoms with Crippen LogP contribution in [-0.4, -0.2) is 17.0 Å². The van der Waals surface area contributed by atoms with Crippen molar-refractivity contribution in [1.29, 1.82) is 0 Å². The molecule has 0 bridgehead atoms. The molecule has 3 nitrogen and oxygen atoms in total. The smallest absolute Gasteiger partial charge is 0.133 e. The lowest BCUT2D eigenvalue weighted by Gasteiger charge is -2.10. The highest BCUT2D eigenvalue weighted by Crippen LogP contribution is 2.30. The Hall–Kier alpha value is -1.55. The number of hydrogen-bond donors (Lipinski definition) is 1. The van der Waals surface area contributed by atoms with Crippen LogP contribution in [0.2, 0.25) is 0 Å². The molecule has 0 aliphatic carbocycles. The van der Waals surface area contributed by atoms with E-state index in [2.05, 4.69) is 27.4 Å². The summed E-state index contributed by atoms with van der Waals surface area (Å²) in [5, 5.41) is 4.11. The van der Waals surface area contributed by atoms with Gasteiger partial charge in [0.1, 0.15) is 16.7 Å². The number of rotatable bonds is 3. The van der Waals surface area contributed by atoms with E-state index < -0.39 is 0 Å². The zero-order chi connectivity index (χ0) is 12.3. The van der Waals surface area contributed by atoms with Crippen molar-refractivity contribution in [2.45, 2.75) is 23.8 Å². The molecular formula is C13H15N3S. The van der Waals surface area contributed by atoms with E-state index in [0.717, 1.165) is 22.2 Å². The Morgan fingerprint density at radius 1 is 1.06 bits per heavy atom. The number of aromatic nitrogens is 2. The molecule has 0 amide bonds. The molecule has 1 aromatic carbocycles. The topological polar surface area (TPSA) is 37.8 Å². The van der Waals surface area contributed by atoms with Crippen molar-refractivity contribution >= 4 is 17.6 Å². The maximum atomic E-state index is 4.49. The molecule has 0 aliphatic rings. The molecule has 88 valence electrons. The van der Waals surface area contributed by atoms with Gasteiger partial charge in [0.2, 0.25) is 0 Å². The lowest BCUT2D eigenvalue weighted by molar-refractivity contribution is 0.940. The quantitative estimate of drug-likeness (QED) is 0.842. The molecule has 2 rings (SSSR count). The van der Waals surface area contributed by atoms with Gasteiger partial charge < -0.3 is 5.32 Å². The van der Waals surface area contributed by atoms with Gasteiger partial charge in [-0.2, -0.15) is 0 Å². The third-order valence-electron chi connectivity index (χ3n) is 2.41. The standard InChI is InChI=1S/C13H15N3S/c1-9-12(14-3)15-10(2)16-13(9)17-11-7-5-4-6-8-11/h4-8H,1-3H3,(H,14,15,16). The minimum atomic E-state index is 0.790. The minimum absolute atomic E-state index is 0.790. The number of nitrogens with one attached hydrogen (secondary N) is 1. The van der Waals surface area contributed by atoms with Crippen LogP contribution in [0.5, 0.6) is 0 Å². The second kappa shape index (κ2) is 5.19. The fourth-order valence-electron chi connectivity index (χ4n) is 1.55. The van der Waals surface area contributed by atoms with Crippen LogP contribution < -0.4 is 5.32 Å². The van der Waals surface area contributed by atoms with Gasteiger partial charge in [0.15, 0.2) is 0 Å². The van der Waals surface area contributed by atoms with Crippen LogP contribution in [0.3, 0.4) is 0 Å². The predicted molar refractivity (Wildman–Crippen MR) is 71.6 cm³/mol. The van der Waals surface area contributed by atoms with E-state index in [0.29, 0.717) is 0 Å². The first kappa shape index (κ1) is 11.9. The molecule has 0 unspecified atom stereocenters. The fraction of sp³-hybridized carbons (Fsp3) is 0.231. The third-order valence-corrected chi connectivity index (χ3v) is 3.51. The largest absolute Gasteiger partial charge is 0.373 e. The van der Waals surface area contributed by atoms with Crippen LogP contribution >= 0.6 is 11.8 Å². The van der Waals surface area contributed by atoms with E-state index in [1.807, 2.05) is 39.1 Å². The molecule has 2 aromatic rings. The highest BCUT2D eigenvalue weighted by atomic mass is 32.2. The van der Waals surface area contributed by atoms with Gasteiger partial charge in [-0.15, -0.1) is 0 Å². The van der Waals surface area contributed by atoms with Gasteiger partial charge >= 0.3 is 0 Å². The lowest BCUT2D eigenvalue weighted by Crippen LogP contribution is -2.01. The molecule has 4 heteroatoms. The zero-order valence-corrected chi connectivity index (χ0v) is 11.0.